The van der Waals surface area contributed by atoms with Crippen molar-refractivity contribution in [2.75, 3.05) is 13.2 Å². The molecule has 19 heavy (non-hydrogen) atoms. The lowest BCUT2D eigenvalue weighted by atomic mass is 10.2. The van der Waals surface area contributed by atoms with E-state index in [4.69, 9.17) is 9.47 Å². The molecule has 0 atom stereocenters. The molecule has 0 aliphatic heterocycles. The van der Waals surface area contributed by atoms with Crippen LogP contribution in [0, 0.1) is 0 Å². The molecule has 0 unspecified atom stereocenters. The Morgan fingerprint density at radius 3 is 2.32 bits per heavy atom. The SMILES string of the molecule is CCCCCCCOc1ccc(C(=O)OCC)cc1. The lowest BCUT2D eigenvalue weighted by molar-refractivity contribution is 0.0526. The molecule has 0 saturated heterocycles. The summed E-state index contributed by atoms with van der Waals surface area (Å²) in [4.78, 5) is 11.5. The van der Waals surface area contributed by atoms with Gasteiger partial charge < -0.3 is 9.47 Å². The molecule has 1 aromatic rings. The highest BCUT2D eigenvalue weighted by atomic mass is 16.5. The van der Waals surface area contributed by atoms with Crippen LogP contribution in [0.2, 0.25) is 0 Å². The molecule has 0 saturated carbocycles. The number of hydrogen-bond donors (Lipinski definition) is 0. The number of carbonyl (C=O) groups excluding carboxylic acids is 1. The highest BCUT2D eigenvalue weighted by Gasteiger charge is 2.05. The summed E-state index contributed by atoms with van der Waals surface area (Å²) in [6, 6.07) is 7.12. The zero-order valence-electron chi connectivity index (χ0n) is 12.0. The molecule has 1 rings (SSSR count). The van der Waals surface area contributed by atoms with E-state index in [9.17, 15) is 4.79 Å². The Morgan fingerprint density at radius 2 is 1.68 bits per heavy atom. The average molecular weight is 264 g/mol. The monoisotopic (exact) mass is 264 g/mol. The standard InChI is InChI=1S/C16H24O3/c1-3-5-6-7-8-13-19-15-11-9-14(10-12-15)16(17)18-4-2/h9-12H,3-8,13H2,1-2H3. The van der Waals surface area contributed by atoms with Crippen LogP contribution in [-0.2, 0) is 4.74 Å². The first kappa shape index (κ1) is 15.5. The minimum absolute atomic E-state index is 0.284. The van der Waals surface area contributed by atoms with Crippen molar-refractivity contribution in [3.8, 4) is 5.75 Å². The molecule has 0 heterocycles. The van der Waals surface area contributed by atoms with Gasteiger partial charge in [-0.3, -0.25) is 0 Å². The molecular formula is C16H24O3. The molecule has 0 bridgehead atoms. The first-order valence-corrected chi connectivity index (χ1v) is 7.18. The number of hydrogen-bond acceptors (Lipinski definition) is 3. The van der Waals surface area contributed by atoms with Gasteiger partial charge in [-0.15, -0.1) is 0 Å². The molecule has 3 heteroatoms. The second-order valence-corrected chi connectivity index (χ2v) is 4.51. The molecule has 106 valence electrons. The van der Waals surface area contributed by atoms with Gasteiger partial charge in [-0.1, -0.05) is 32.6 Å². The molecule has 1 aromatic carbocycles. The smallest absolute Gasteiger partial charge is 0.338 e. The summed E-state index contributed by atoms with van der Waals surface area (Å²) in [5, 5.41) is 0. The third kappa shape index (κ3) is 6.27. The largest absolute Gasteiger partial charge is 0.494 e. The number of ether oxygens (including phenoxy) is 2. The van der Waals surface area contributed by atoms with Gasteiger partial charge in [0.15, 0.2) is 0 Å². The van der Waals surface area contributed by atoms with Crippen LogP contribution in [-0.4, -0.2) is 19.2 Å². The lowest BCUT2D eigenvalue weighted by Gasteiger charge is -2.07. The van der Waals surface area contributed by atoms with Gasteiger partial charge in [0.1, 0.15) is 5.75 Å². The molecule has 0 aliphatic carbocycles. The maximum atomic E-state index is 11.5. The van der Waals surface area contributed by atoms with Crippen LogP contribution in [0.15, 0.2) is 24.3 Å². The van der Waals surface area contributed by atoms with E-state index in [1.54, 1.807) is 19.1 Å². The maximum absolute atomic E-state index is 11.5. The lowest BCUT2D eigenvalue weighted by Crippen LogP contribution is -2.04. The van der Waals surface area contributed by atoms with Gasteiger partial charge in [-0.25, -0.2) is 4.79 Å². The van der Waals surface area contributed by atoms with E-state index in [1.807, 2.05) is 12.1 Å². The van der Waals surface area contributed by atoms with E-state index in [-0.39, 0.29) is 5.97 Å². The average Bonchev–Trinajstić information content (AvgIpc) is 2.43. The van der Waals surface area contributed by atoms with Crippen LogP contribution in [0.3, 0.4) is 0 Å². The van der Waals surface area contributed by atoms with Crippen LogP contribution in [0.4, 0.5) is 0 Å². The van der Waals surface area contributed by atoms with Crippen molar-refractivity contribution in [1.29, 1.82) is 0 Å². The molecule has 0 spiro atoms. The third-order valence-electron chi connectivity index (χ3n) is 2.88. The normalized spacial score (nSPS) is 10.2. The summed E-state index contributed by atoms with van der Waals surface area (Å²) in [6.45, 7) is 5.15. The molecule has 0 amide bonds. The minimum Gasteiger partial charge on any atom is -0.494 e. The number of carbonyl (C=O) groups is 1. The summed E-state index contributed by atoms with van der Waals surface area (Å²) in [7, 11) is 0. The number of esters is 1. The van der Waals surface area contributed by atoms with Crippen LogP contribution in [0.25, 0.3) is 0 Å². The summed E-state index contributed by atoms with van der Waals surface area (Å²) in [6.07, 6.45) is 6.14. The highest BCUT2D eigenvalue weighted by Crippen LogP contribution is 2.14. The fourth-order valence-corrected chi connectivity index (χ4v) is 1.80. The van der Waals surface area contributed by atoms with E-state index in [1.165, 1.54) is 25.7 Å². The Morgan fingerprint density at radius 1 is 1.00 bits per heavy atom. The predicted octanol–water partition coefficient (Wildman–Crippen LogP) is 4.21. The number of benzene rings is 1. The van der Waals surface area contributed by atoms with Crippen molar-refractivity contribution in [1.82, 2.24) is 0 Å². The second kappa shape index (κ2) is 9.42. The van der Waals surface area contributed by atoms with Crippen LogP contribution in [0.5, 0.6) is 5.75 Å². The maximum Gasteiger partial charge on any atom is 0.338 e. The van der Waals surface area contributed by atoms with Crippen molar-refractivity contribution in [3.05, 3.63) is 29.8 Å². The van der Waals surface area contributed by atoms with Gasteiger partial charge in [0, 0.05) is 0 Å². The van der Waals surface area contributed by atoms with Crippen molar-refractivity contribution < 1.29 is 14.3 Å². The van der Waals surface area contributed by atoms with Crippen molar-refractivity contribution in [2.45, 2.75) is 46.0 Å². The van der Waals surface area contributed by atoms with E-state index in [0.717, 1.165) is 18.8 Å². The Bertz CT molecular complexity index is 357. The topological polar surface area (TPSA) is 35.5 Å². The van der Waals surface area contributed by atoms with E-state index < -0.39 is 0 Å². The second-order valence-electron chi connectivity index (χ2n) is 4.51. The summed E-state index contributed by atoms with van der Waals surface area (Å²) < 4.78 is 10.6. The Hall–Kier alpha value is -1.51. The molecule has 0 aromatic heterocycles. The van der Waals surface area contributed by atoms with Gasteiger partial charge in [0.2, 0.25) is 0 Å². The first-order chi connectivity index (χ1) is 9.27. The molecular weight excluding hydrogens is 240 g/mol. The highest BCUT2D eigenvalue weighted by molar-refractivity contribution is 5.89. The molecule has 3 nitrogen and oxygen atoms in total. The summed E-state index contributed by atoms with van der Waals surface area (Å²) >= 11 is 0. The molecule has 0 N–H and O–H groups in total. The molecule has 0 aliphatic rings. The first-order valence-electron chi connectivity index (χ1n) is 7.18. The van der Waals surface area contributed by atoms with Gasteiger partial charge >= 0.3 is 5.97 Å². The number of rotatable bonds is 9. The Kier molecular flexibility index (Phi) is 7.71. The Balaban J connectivity index is 2.26. The van der Waals surface area contributed by atoms with Crippen LogP contribution >= 0.6 is 0 Å². The van der Waals surface area contributed by atoms with Gasteiger partial charge in [0.25, 0.3) is 0 Å². The van der Waals surface area contributed by atoms with E-state index in [2.05, 4.69) is 6.92 Å². The van der Waals surface area contributed by atoms with Crippen molar-refractivity contribution in [2.24, 2.45) is 0 Å². The quantitative estimate of drug-likeness (QED) is 0.495. The third-order valence-corrected chi connectivity index (χ3v) is 2.88. The van der Waals surface area contributed by atoms with Gasteiger partial charge in [0.05, 0.1) is 18.8 Å². The van der Waals surface area contributed by atoms with Gasteiger partial charge in [-0.2, -0.15) is 0 Å². The minimum atomic E-state index is -0.284. The molecule has 0 radical (unpaired) electrons. The zero-order chi connectivity index (χ0) is 13.9. The number of unbranched alkanes of at least 4 members (excludes halogenated alkanes) is 4. The fraction of sp³-hybridized carbons (Fsp3) is 0.562. The van der Waals surface area contributed by atoms with E-state index >= 15 is 0 Å². The summed E-state index contributed by atoms with van der Waals surface area (Å²) in [5.41, 5.74) is 0.567. The fourth-order valence-electron chi connectivity index (χ4n) is 1.80. The Labute approximate surface area is 115 Å². The van der Waals surface area contributed by atoms with E-state index in [0.29, 0.717) is 12.2 Å². The van der Waals surface area contributed by atoms with Gasteiger partial charge in [-0.05, 0) is 37.6 Å². The zero-order valence-corrected chi connectivity index (χ0v) is 12.0. The predicted molar refractivity (Wildman–Crippen MR) is 76.7 cm³/mol. The van der Waals surface area contributed by atoms with Crippen molar-refractivity contribution >= 4 is 5.97 Å². The summed E-state index contributed by atoms with van der Waals surface area (Å²) in [5.74, 6) is 0.525. The van der Waals surface area contributed by atoms with Crippen LogP contribution in [0.1, 0.15) is 56.3 Å². The molecule has 0 fully saturated rings. The van der Waals surface area contributed by atoms with Crippen LogP contribution < -0.4 is 4.74 Å². The van der Waals surface area contributed by atoms with Crippen molar-refractivity contribution in [3.63, 3.8) is 0 Å².